The number of carbonyl (C=O) groups is 1. The molecule has 4 heteroatoms. The number of aromatic hydroxyl groups is 1. The van der Waals surface area contributed by atoms with E-state index in [0.717, 1.165) is 24.8 Å². The van der Waals surface area contributed by atoms with E-state index in [1.165, 1.54) is 19.3 Å². The van der Waals surface area contributed by atoms with Gasteiger partial charge in [0.25, 0.3) is 5.91 Å². The number of hydrogen-bond donors (Lipinski definition) is 2. The van der Waals surface area contributed by atoms with Gasteiger partial charge in [-0.1, -0.05) is 25.3 Å². The first-order valence-electron chi connectivity index (χ1n) is 7.94. The van der Waals surface area contributed by atoms with E-state index in [2.05, 4.69) is 0 Å². The molecule has 1 saturated carbocycles. The summed E-state index contributed by atoms with van der Waals surface area (Å²) in [5.41, 5.74) is 6.97. The zero-order valence-corrected chi connectivity index (χ0v) is 12.8. The van der Waals surface area contributed by atoms with Crippen molar-refractivity contribution in [3.8, 4) is 5.75 Å². The summed E-state index contributed by atoms with van der Waals surface area (Å²) in [5, 5.41) is 10.1. The molecule has 1 aromatic carbocycles. The first kappa shape index (κ1) is 15.8. The number of benzene rings is 1. The van der Waals surface area contributed by atoms with E-state index in [0.29, 0.717) is 24.7 Å². The van der Waals surface area contributed by atoms with E-state index in [9.17, 15) is 9.90 Å². The average Bonchev–Trinajstić information content (AvgIpc) is 2.48. The van der Waals surface area contributed by atoms with Gasteiger partial charge in [-0.25, -0.2) is 0 Å². The number of phenolic OH excluding ortho intramolecular Hbond substituents is 1. The van der Waals surface area contributed by atoms with Crippen LogP contribution < -0.4 is 5.73 Å². The maximum atomic E-state index is 12.8. The van der Waals surface area contributed by atoms with E-state index < -0.39 is 0 Å². The van der Waals surface area contributed by atoms with E-state index >= 15 is 0 Å². The SMILES string of the molecule is Cc1ccc(C(=O)N(CCCN)C2CCCCC2)c(O)c1. The van der Waals surface area contributed by atoms with Crippen molar-refractivity contribution in [1.29, 1.82) is 0 Å². The molecule has 1 fully saturated rings. The molecule has 1 aliphatic rings. The van der Waals surface area contributed by atoms with Crippen molar-refractivity contribution in [3.63, 3.8) is 0 Å². The number of aryl methyl sites for hydroxylation is 1. The molecule has 1 aromatic rings. The highest BCUT2D eigenvalue weighted by molar-refractivity contribution is 5.97. The van der Waals surface area contributed by atoms with Crippen LogP contribution in [0.2, 0.25) is 0 Å². The lowest BCUT2D eigenvalue weighted by molar-refractivity contribution is 0.0630. The third kappa shape index (κ3) is 3.97. The van der Waals surface area contributed by atoms with Gasteiger partial charge in [0.1, 0.15) is 5.75 Å². The van der Waals surface area contributed by atoms with Crippen LogP contribution in [0.1, 0.15) is 54.4 Å². The Morgan fingerprint density at radius 1 is 1.33 bits per heavy atom. The molecule has 0 aliphatic heterocycles. The van der Waals surface area contributed by atoms with Crippen LogP contribution in [0, 0.1) is 6.92 Å². The minimum absolute atomic E-state index is 0.0622. The average molecular weight is 290 g/mol. The summed E-state index contributed by atoms with van der Waals surface area (Å²) >= 11 is 0. The molecule has 3 N–H and O–H groups in total. The van der Waals surface area contributed by atoms with Crippen molar-refractivity contribution in [2.75, 3.05) is 13.1 Å². The lowest BCUT2D eigenvalue weighted by atomic mass is 9.93. The lowest BCUT2D eigenvalue weighted by Gasteiger charge is -2.34. The van der Waals surface area contributed by atoms with Crippen molar-refractivity contribution < 1.29 is 9.90 Å². The molecule has 0 aromatic heterocycles. The molecule has 21 heavy (non-hydrogen) atoms. The summed E-state index contributed by atoms with van der Waals surface area (Å²) in [6, 6.07) is 5.54. The van der Waals surface area contributed by atoms with Gasteiger partial charge in [0.2, 0.25) is 0 Å². The Morgan fingerprint density at radius 2 is 2.05 bits per heavy atom. The highest BCUT2D eigenvalue weighted by Crippen LogP contribution is 2.27. The van der Waals surface area contributed by atoms with Crippen LogP contribution in [0.15, 0.2) is 18.2 Å². The van der Waals surface area contributed by atoms with Crippen LogP contribution in [0.3, 0.4) is 0 Å². The summed E-state index contributed by atoms with van der Waals surface area (Å²) in [4.78, 5) is 14.7. The van der Waals surface area contributed by atoms with Gasteiger partial charge >= 0.3 is 0 Å². The van der Waals surface area contributed by atoms with Crippen LogP contribution in [0.5, 0.6) is 5.75 Å². The summed E-state index contributed by atoms with van der Waals surface area (Å²) in [6.07, 6.45) is 6.53. The lowest BCUT2D eigenvalue weighted by Crippen LogP contribution is -2.42. The van der Waals surface area contributed by atoms with Crippen molar-refractivity contribution in [2.45, 2.75) is 51.5 Å². The van der Waals surface area contributed by atoms with Crippen LogP contribution in [0.25, 0.3) is 0 Å². The van der Waals surface area contributed by atoms with Gasteiger partial charge in [0.05, 0.1) is 5.56 Å². The monoisotopic (exact) mass is 290 g/mol. The fourth-order valence-electron chi connectivity index (χ4n) is 3.08. The van der Waals surface area contributed by atoms with Gasteiger partial charge in [-0.3, -0.25) is 4.79 Å². The minimum Gasteiger partial charge on any atom is -0.507 e. The quantitative estimate of drug-likeness (QED) is 0.876. The molecule has 1 aliphatic carbocycles. The number of rotatable bonds is 5. The molecular weight excluding hydrogens is 264 g/mol. The highest BCUT2D eigenvalue weighted by atomic mass is 16.3. The molecule has 0 unspecified atom stereocenters. The molecule has 2 rings (SSSR count). The van der Waals surface area contributed by atoms with Crippen molar-refractivity contribution in [3.05, 3.63) is 29.3 Å². The molecular formula is C17H26N2O2. The number of nitrogens with zero attached hydrogens (tertiary/aromatic N) is 1. The largest absolute Gasteiger partial charge is 0.507 e. The third-order valence-corrected chi connectivity index (χ3v) is 4.26. The Morgan fingerprint density at radius 3 is 2.67 bits per heavy atom. The Labute approximate surface area is 126 Å². The molecule has 0 bridgehead atoms. The number of phenols is 1. The Bertz CT molecular complexity index is 482. The molecule has 0 saturated heterocycles. The van der Waals surface area contributed by atoms with Gasteiger partial charge in [-0.2, -0.15) is 0 Å². The summed E-state index contributed by atoms with van der Waals surface area (Å²) < 4.78 is 0. The zero-order chi connectivity index (χ0) is 15.2. The topological polar surface area (TPSA) is 66.6 Å². The van der Waals surface area contributed by atoms with Gasteiger partial charge in [-0.15, -0.1) is 0 Å². The molecule has 4 nitrogen and oxygen atoms in total. The molecule has 0 spiro atoms. The molecule has 1 amide bonds. The predicted octanol–water partition coefficient (Wildman–Crippen LogP) is 2.82. The number of hydrogen-bond acceptors (Lipinski definition) is 3. The zero-order valence-electron chi connectivity index (χ0n) is 12.8. The molecule has 0 heterocycles. The maximum absolute atomic E-state index is 12.8. The van der Waals surface area contributed by atoms with Crippen LogP contribution in [0.4, 0.5) is 0 Å². The van der Waals surface area contributed by atoms with Crippen LogP contribution >= 0.6 is 0 Å². The maximum Gasteiger partial charge on any atom is 0.257 e. The molecule has 0 atom stereocenters. The molecule has 0 radical (unpaired) electrons. The first-order chi connectivity index (χ1) is 10.1. The van der Waals surface area contributed by atoms with Crippen LogP contribution in [-0.2, 0) is 0 Å². The summed E-state index contributed by atoms with van der Waals surface area (Å²) in [5.74, 6) is 0.0152. The Balaban J connectivity index is 2.19. The second-order valence-corrected chi connectivity index (χ2v) is 5.95. The smallest absolute Gasteiger partial charge is 0.257 e. The van der Waals surface area contributed by atoms with E-state index in [1.54, 1.807) is 12.1 Å². The minimum atomic E-state index is -0.0622. The second-order valence-electron chi connectivity index (χ2n) is 5.95. The number of amides is 1. The van der Waals surface area contributed by atoms with E-state index in [-0.39, 0.29) is 11.7 Å². The normalized spacial score (nSPS) is 15.9. The van der Waals surface area contributed by atoms with E-state index in [4.69, 9.17) is 5.73 Å². The second kappa shape index (κ2) is 7.46. The fraction of sp³-hybridized carbons (Fsp3) is 0.588. The fourth-order valence-corrected chi connectivity index (χ4v) is 3.08. The Hall–Kier alpha value is -1.55. The Kier molecular flexibility index (Phi) is 5.62. The third-order valence-electron chi connectivity index (χ3n) is 4.26. The van der Waals surface area contributed by atoms with Crippen molar-refractivity contribution >= 4 is 5.91 Å². The predicted molar refractivity (Wildman–Crippen MR) is 84.4 cm³/mol. The summed E-state index contributed by atoms with van der Waals surface area (Å²) in [7, 11) is 0. The standard InChI is InChI=1S/C17H26N2O2/c1-13-8-9-15(16(20)12-13)17(21)19(11-5-10-18)14-6-3-2-4-7-14/h8-9,12,14,20H,2-7,10-11,18H2,1H3. The first-order valence-corrected chi connectivity index (χ1v) is 7.94. The highest BCUT2D eigenvalue weighted by Gasteiger charge is 2.27. The van der Waals surface area contributed by atoms with Gasteiger partial charge in [0.15, 0.2) is 0 Å². The van der Waals surface area contributed by atoms with Gasteiger partial charge in [-0.05, 0) is 50.4 Å². The number of nitrogens with two attached hydrogens (primary N) is 1. The number of carbonyl (C=O) groups excluding carboxylic acids is 1. The van der Waals surface area contributed by atoms with Crippen molar-refractivity contribution in [2.24, 2.45) is 5.73 Å². The van der Waals surface area contributed by atoms with E-state index in [1.807, 2.05) is 17.9 Å². The summed E-state index contributed by atoms with van der Waals surface area (Å²) in [6.45, 7) is 3.16. The van der Waals surface area contributed by atoms with Gasteiger partial charge < -0.3 is 15.7 Å². The van der Waals surface area contributed by atoms with Crippen molar-refractivity contribution in [1.82, 2.24) is 4.90 Å². The van der Waals surface area contributed by atoms with Crippen LogP contribution in [-0.4, -0.2) is 35.0 Å². The van der Waals surface area contributed by atoms with Gasteiger partial charge in [0, 0.05) is 12.6 Å². The molecule has 116 valence electrons.